The van der Waals surface area contributed by atoms with E-state index in [1.54, 1.807) is 0 Å². The van der Waals surface area contributed by atoms with Gasteiger partial charge in [0.1, 0.15) is 0 Å². The molecule has 0 atom stereocenters. The summed E-state index contributed by atoms with van der Waals surface area (Å²) in [4.78, 5) is 2.26. The molecule has 0 unspecified atom stereocenters. The summed E-state index contributed by atoms with van der Waals surface area (Å²) in [5.74, 6) is 0. The highest BCUT2D eigenvalue weighted by atomic mass is 35.5. The van der Waals surface area contributed by atoms with E-state index in [4.69, 9.17) is 16.9 Å². The second-order valence-electron chi connectivity index (χ2n) is 4.57. The zero-order chi connectivity index (χ0) is 12.8. The van der Waals surface area contributed by atoms with E-state index in [0.29, 0.717) is 12.5 Å². The van der Waals surface area contributed by atoms with Crippen molar-refractivity contribution in [2.45, 2.75) is 39.8 Å². The third kappa shape index (κ3) is 4.38. The molecule has 0 bridgehead atoms. The lowest BCUT2D eigenvalue weighted by Crippen LogP contribution is -2.31. The lowest BCUT2D eigenvalue weighted by molar-refractivity contribution is 0.218. The molecule has 3 heteroatoms. The SMILES string of the molecule is Cc1ccc(CN(CCC#N)C(C)C)c(Cl)c1. The maximum atomic E-state index is 8.65. The van der Waals surface area contributed by atoms with Crippen LogP contribution < -0.4 is 0 Å². The van der Waals surface area contributed by atoms with Crippen LogP contribution in [-0.4, -0.2) is 17.5 Å². The van der Waals surface area contributed by atoms with Crippen LogP contribution in [0.4, 0.5) is 0 Å². The predicted octanol–water partition coefficient (Wildman–Crippen LogP) is 3.77. The molecule has 17 heavy (non-hydrogen) atoms. The predicted molar refractivity (Wildman–Crippen MR) is 72.0 cm³/mol. The van der Waals surface area contributed by atoms with Gasteiger partial charge in [-0.05, 0) is 38.0 Å². The fourth-order valence-corrected chi connectivity index (χ4v) is 2.01. The number of aryl methyl sites for hydroxylation is 1. The van der Waals surface area contributed by atoms with Crippen LogP contribution in [0.15, 0.2) is 18.2 Å². The first-order valence-corrected chi connectivity index (χ1v) is 6.28. The van der Waals surface area contributed by atoms with Crippen molar-refractivity contribution in [1.29, 1.82) is 5.26 Å². The Labute approximate surface area is 109 Å². The van der Waals surface area contributed by atoms with Gasteiger partial charge in [0.2, 0.25) is 0 Å². The highest BCUT2D eigenvalue weighted by molar-refractivity contribution is 6.31. The fourth-order valence-electron chi connectivity index (χ4n) is 1.71. The molecule has 0 amide bonds. The first kappa shape index (κ1) is 14.0. The Morgan fingerprint density at radius 3 is 2.65 bits per heavy atom. The summed E-state index contributed by atoms with van der Waals surface area (Å²) in [7, 11) is 0. The van der Waals surface area contributed by atoms with Crippen molar-refractivity contribution in [3.8, 4) is 6.07 Å². The van der Waals surface area contributed by atoms with E-state index in [9.17, 15) is 0 Å². The lowest BCUT2D eigenvalue weighted by Gasteiger charge is -2.26. The normalized spacial score (nSPS) is 10.9. The summed E-state index contributed by atoms with van der Waals surface area (Å²) < 4.78 is 0. The second-order valence-corrected chi connectivity index (χ2v) is 4.97. The second kappa shape index (κ2) is 6.64. The molecular formula is C14H19ClN2. The van der Waals surface area contributed by atoms with Gasteiger partial charge in [0.25, 0.3) is 0 Å². The van der Waals surface area contributed by atoms with Crippen LogP contribution in [0.1, 0.15) is 31.4 Å². The molecule has 0 fully saturated rings. The van der Waals surface area contributed by atoms with Crippen molar-refractivity contribution in [1.82, 2.24) is 4.90 Å². The molecule has 1 aromatic carbocycles. The van der Waals surface area contributed by atoms with Gasteiger partial charge in [-0.15, -0.1) is 0 Å². The molecule has 0 aromatic heterocycles. The summed E-state index contributed by atoms with van der Waals surface area (Å²) in [6.07, 6.45) is 0.557. The third-order valence-corrected chi connectivity index (χ3v) is 3.17. The van der Waals surface area contributed by atoms with Crippen LogP contribution in [0, 0.1) is 18.3 Å². The van der Waals surface area contributed by atoms with Gasteiger partial charge >= 0.3 is 0 Å². The average molecular weight is 251 g/mol. The molecule has 0 spiro atoms. The molecule has 0 saturated carbocycles. The van der Waals surface area contributed by atoms with Crippen molar-refractivity contribution in [2.24, 2.45) is 0 Å². The zero-order valence-electron chi connectivity index (χ0n) is 10.7. The number of hydrogen-bond acceptors (Lipinski definition) is 2. The van der Waals surface area contributed by atoms with Gasteiger partial charge in [0.05, 0.1) is 6.07 Å². The van der Waals surface area contributed by atoms with E-state index in [1.807, 2.05) is 13.0 Å². The van der Waals surface area contributed by atoms with Crippen molar-refractivity contribution >= 4 is 11.6 Å². The Morgan fingerprint density at radius 2 is 2.12 bits per heavy atom. The number of nitriles is 1. The summed E-state index contributed by atoms with van der Waals surface area (Å²) in [5, 5.41) is 9.46. The average Bonchev–Trinajstić information content (AvgIpc) is 2.26. The molecule has 0 aliphatic carbocycles. The number of benzene rings is 1. The molecule has 0 heterocycles. The van der Waals surface area contributed by atoms with Crippen molar-refractivity contribution < 1.29 is 0 Å². The van der Waals surface area contributed by atoms with E-state index < -0.39 is 0 Å². The van der Waals surface area contributed by atoms with E-state index in [-0.39, 0.29) is 0 Å². The summed E-state index contributed by atoms with van der Waals surface area (Å²) in [5.41, 5.74) is 2.30. The summed E-state index contributed by atoms with van der Waals surface area (Å²) >= 11 is 6.22. The van der Waals surface area contributed by atoms with Crippen LogP contribution in [0.25, 0.3) is 0 Å². The first-order chi connectivity index (χ1) is 8.04. The Balaban J connectivity index is 2.75. The number of halogens is 1. The van der Waals surface area contributed by atoms with Gasteiger partial charge in [-0.2, -0.15) is 5.26 Å². The number of nitrogens with zero attached hydrogens (tertiary/aromatic N) is 2. The van der Waals surface area contributed by atoms with E-state index in [0.717, 1.165) is 23.7 Å². The van der Waals surface area contributed by atoms with Gasteiger partial charge < -0.3 is 0 Å². The van der Waals surface area contributed by atoms with E-state index in [2.05, 4.69) is 36.9 Å². The van der Waals surface area contributed by atoms with E-state index >= 15 is 0 Å². The molecule has 1 rings (SSSR count). The topological polar surface area (TPSA) is 27.0 Å². The van der Waals surface area contributed by atoms with E-state index in [1.165, 1.54) is 5.56 Å². The van der Waals surface area contributed by atoms with Crippen molar-refractivity contribution in [3.63, 3.8) is 0 Å². The molecule has 0 saturated heterocycles. The van der Waals surface area contributed by atoms with Crippen molar-refractivity contribution in [3.05, 3.63) is 34.3 Å². The van der Waals surface area contributed by atoms with Crippen LogP contribution in [0.5, 0.6) is 0 Å². The molecular weight excluding hydrogens is 232 g/mol. The summed E-state index contributed by atoms with van der Waals surface area (Å²) in [6.45, 7) is 7.90. The minimum atomic E-state index is 0.417. The highest BCUT2D eigenvalue weighted by Crippen LogP contribution is 2.20. The van der Waals surface area contributed by atoms with Gasteiger partial charge in [-0.1, -0.05) is 23.7 Å². The minimum absolute atomic E-state index is 0.417. The first-order valence-electron chi connectivity index (χ1n) is 5.90. The van der Waals surface area contributed by atoms with Crippen LogP contribution in [0.2, 0.25) is 5.02 Å². The quantitative estimate of drug-likeness (QED) is 0.795. The molecule has 0 N–H and O–H groups in total. The standard InChI is InChI=1S/C14H19ClN2/c1-11(2)17(8-4-7-16)10-13-6-5-12(3)9-14(13)15/h5-6,9,11H,4,8,10H2,1-3H3. The molecule has 0 radical (unpaired) electrons. The Morgan fingerprint density at radius 1 is 1.41 bits per heavy atom. The van der Waals surface area contributed by atoms with Crippen LogP contribution in [-0.2, 0) is 6.54 Å². The number of rotatable bonds is 5. The van der Waals surface area contributed by atoms with Crippen LogP contribution >= 0.6 is 11.6 Å². The zero-order valence-corrected chi connectivity index (χ0v) is 11.5. The minimum Gasteiger partial charge on any atom is -0.296 e. The fraction of sp³-hybridized carbons (Fsp3) is 0.500. The van der Waals surface area contributed by atoms with Gasteiger partial charge in [-0.3, -0.25) is 4.90 Å². The molecule has 2 nitrogen and oxygen atoms in total. The lowest BCUT2D eigenvalue weighted by atomic mass is 10.1. The van der Waals surface area contributed by atoms with Gasteiger partial charge in [0.15, 0.2) is 0 Å². The molecule has 92 valence electrons. The maximum absolute atomic E-state index is 8.65. The van der Waals surface area contributed by atoms with Gasteiger partial charge in [-0.25, -0.2) is 0 Å². The van der Waals surface area contributed by atoms with Gasteiger partial charge in [0, 0.05) is 30.6 Å². The highest BCUT2D eigenvalue weighted by Gasteiger charge is 2.11. The van der Waals surface area contributed by atoms with Crippen molar-refractivity contribution in [2.75, 3.05) is 6.54 Å². The monoisotopic (exact) mass is 250 g/mol. The maximum Gasteiger partial charge on any atom is 0.0635 e. The smallest absolute Gasteiger partial charge is 0.0635 e. The summed E-state index contributed by atoms with van der Waals surface area (Å²) in [6, 6.07) is 8.73. The Hall–Kier alpha value is -1.04. The van der Waals surface area contributed by atoms with Crippen LogP contribution in [0.3, 0.4) is 0 Å². The Kier molecular flexibility index (Phi) is 5.47. The Bertz CT molecular complexity index is 407. The molecule has 1 aromatic rings. The molecule has 0 aliphatic rings. The molecule has 0 aliphatic heterocycles. The third-order valence-electron chi connectivity index (χ3n) is 2.82. The number of hydrogen-bond donors (Lipinski definition) is 0. The largest absolute Gasteiger partial charge is 0.296 e.